The Morgan fingerprint density at radius 1 is 1.33 bits per heavy atom. The number of benzene rings is 1. The highest BCUT2D eigenvalue weighted by Crippen LogP contribution is 2.28. The number of carbonyl (C=O) groups excluding carboxylic acids is 1. The van der Waals surface area contributed by atoms with Gasteiger partial charge in [0, 0.05) is 19.1 Å². The van der Waals surface area contributed by atoms with Crippen molar-refractivity contribution in [2.75, 3.05) is 13.1 Å². The van der Waals surface area contributed by atoms with Gasteiger partial charge in [0.05, 0.1) is 11.3 Å². The van der Waals surface area contributed by atoms with E-state index in [9.17, 15) is 22.0 Å². The maximum Gasteiger partial charge on any atom is 0.341 e. The quantitative estimate of drug-likeness (QED) is 0.888. The van der Waals surface area contributed by atoms with Crippen LogP contribution in [-0.2, 0) is 21.1 Å². The molecule has 5 nitrogen and oxygen atoms in total. The molecule has 0 aliphatic carbocycles. The molecule has 0 spiro atoms. The molecule has 24 heavy (non-hydrogen) atoms. The van der Waals surface area contributed by atoms with Crippen LogP contribution >= 0.6 is 0 Å². The van der Waals surface area contributed by atoms with Crippen molar-refractivity contribution in [3.8, 4) is 0 Å². The first kappa shape index (κ1) is 18.8. The van der Waals surface area contributed by atoms with E-state index in [-0.39, 0.29) is 23.8 Å². The number of amides is 1. The summed E-state index contributed by atoms with van der Waals surface area (Å²) in [7, 11) is -4.61. The molecule has 1 unspecified atom stereocenters. The molecule has 2 rings (SSSR count). The summed E-state index contributed by atoms with van der Waals surface area (Å²) in [5.74, 6) is -3.54. The number of rotatable bonds is 4. The highest BCUT2D eigenvalue weighted by Gasteiger charge is 2.35. The molecular formula is C16H22F2N2O3S. The molecule has 1 amide bonds. The van der Waals surface area contributed by atoms with Gasteiger partial charge in [0.2, 0.25) is 15.7 Å². The lowest BCUT2D eigenvalue weighted by atomic mass is 9.79. The molecule has 1 aromatic carbocycles. The number of sulfone groups is 1. The fourth-order valence-corrected chi connectivity index (χ4v) is 3.49. The third kappa shape index (κ3) is 3.92. The van der Waals surface area contributed by atoms with Crippen LogP contribution in [0.4, 0.5) is 8.78 Å². The Labute approximate surface area is 140 Å². The van der Waals surface area contributed by atoms with Crippen molar-refractivity contribution in [3.63, 3.8) is 0 Å². The van der Waals surface area contributed by atoms with E-state index in [4.69, 9.17) is 5.73 Å². The van der Waals surface area contributed by atoms with Gasteiger partial charge in [-0.15, -0.1) is 0 Å². The molecule has 8 heteroatoms. The number of alkyl halides is 2. The van der Waals surface area contributed by atoms with E-state index in [1.807, 2.05) is 13.8 Å². The third-order valence-corrected chi connectivity index (χ3v) is 5.91. The molecule has 0 aromatic heterocycles. The van der Waals surface area contributed by atoms with Crippen LogP contribution in [0.25, 0.3) is 0 Å². The summed E-state index contributed by atoms with van der Waals surface area (Å²) in [4.78, 5) is 13.7. The molecule has 1 aliphatic heterocycles. The van der Waals surface area contributed by atoms with Crippen molar-refractivity contribution in [3.05, 3.63) is 29.8 Å². The van der Waals surface area contributed by atoms with Crippen molar-refractivity contribution in [1.29, 1.82) is 0 Å². The summed E-state index contributed by atoms with van der Waals surface area (Å²) in [5.41, 5.74) is 6.47. The van der Waals surface area contributed by atoms with Crippen LogP contribution in [-0.4, -0.2) is 44.1 Å². The summed E-state index contributed by atoms with van der Waals surface area (Å²) in [6.45, 7) is 5.17. The average Bonchev–Trinajstić information content (AvgIpc) is 2.50. The first-order valence-electron chi connectivity index (χ1n) is 7.68. The van der Waals surface area contributed by atoms with Crippen molar-refractivity contribution in [1.82, 2.24) is 4.90 Å². The SMILES string of the molecule is CC1(C)CN(C(=O)Cc2ccc(S(=O)(=O)C(F)F)cc2)CCC1N. The van der Waals surface area contributed by atoms with Gasteiger partial charge in [-0.05, 0) is 29.5 Å². The lowest BCUT2D eigenvalue weighted by Crippen LogP contribution is -2.54. The Bertz CT molecular complexity index is 703. The maximum absolute atomic E-state index is 12.5. The molecule has 134 valence electrons. The van der Waals surface area contributed by atoms with Gasteiger partial charge in [-0.25, -0.2) is 8.42 Å². The minimum Gasteiger partial charge on any atom is -0.342 e. The second kappa shape index (κ2) is 6.76. The van der Waals surface area contributed by atoms with Gasteiger partial charge in [0.1, 0.15) is 0 Å². The van der Waals surface area contributed by atoms with Crippen LogP contribution in [0.1, 0.15) is 25.8 Å². The van der Waals surface area contributed by atoms with Crippen LogP contribution in [0, 0.1) is 5.41 Å². The largest absolute Gasteiger partial charge is 0.342 e. The molecular weight excluding hydrogens is 338 g/mol. The minimum absolute atomic E-state index is 0.0420. The van der Waals surface area contributed by atoms with Crippen molar-refractivity contribution in [2.45, 2.75) is 43.4 Å². The maximum atomic E-state index is 12.5. The first-order chi connectivity index (χ1) is 11.0. The summed E-state index contributed by atoms with van der Waals surface area (Å²) in [5, 5.41) is 0. The van der Waals surface area contributed by atoms with Crippen LogP contribution < -0.4 is 5.73 Å². The average molecular weight is 360 g/mol. The van der Waals surface area contributed by atoms with Crippen LogP contribution in [0.3, 0.4) is 0 Å². The summed E-state index contributed by atoms with van der Waals surface area (Å²) in [6.07, 6.45) is 0.824. The van der Waals surface area contributed by atoms with Gasteiger partial charge in [0.15, 0.2) is 0 Å². The van der Waals surface area contributed by atoms with E-state index in [1.54, 1.807) is 4.90 Å². The number of piperidine rings is 1. The van der Waals surface area contributed by atoms with Gasteiger partial charge in [-0.1, -0.05) is 26.0 Å². The van der Waals surface area contributed by atoms with Gasteiger partial charge < -0.3 is 10.6 Å². The number of halogens is 2. The van der Waals surface area contributed by atoms with Crippen LogP contribution in [0.15, 0.2) is 29.2 Å². The van der Waals surface area contributed by atoms with Gasteiger partial charge in [-0.2, -0.15) is 8.78 Å². The normalized spacial score (nSPS) is 21.1. The standard InChI is InChI=1S/C16H22F2N2O3S/c1-16(2)10-20(8-7-13(16)19)14(21)9-11-3-5-12(6-4-11)24(22,23)15(17)18/h3-6,13,15H,7-10,19H2,1-2H3. The van der Waals surface area contributed by atoms with E-state index in [1.165, 1.54) is 12.1 Å². The van der Waals surface area contributed by atoms with Crippen LogP contribution in [0.2, 0.25) is 0 Å². The number of likely N-dealkylation sites (tertiary alicyclic amines) is 1. The molecule has 1 heterocycles. The van der Waals surface area contributed by atoms with Crippen molar-refractivity contribution in [2.24, 2.45) is 11.1 Å². The van der Waals surface area contributed by atoms with Gasteiger partial charge in [0.25, 0.3) is 0 Å². The van der Waals surface area contributed by atoms with Crippen LogP contribution in [0.5, 0.6) is 0 Å². The Balaban J connectivity index is 2.05. The summed E-state index contributed by atoms with van der Waals surface area (Å²) >= 11 is 0. The van der Waals surface area contributed by atoms with E-state index in [0.29, 0.717) is 18.7 Å². The zero-order valence-corrected chi connectivity index (χ0v) is 14.5. The summed E-state index contributed by atoms with van der Waals surface area (Å²) < 4.78 is 47.8. The predicted octanol–water partition coefficient (Wildman–Crippen LogP) is 1.81. The molecule has 0 bridgehead atoms. The van der Waals surface area contributed by atoms with E-state index in [0.717, 1.165) is 18.6 Å². The van der Waals surface area contributed by atoms with E-state index >= 15 is 0 Å². The molecule has 0 saturated carbocycles. The highest BCUT2D eigenvalue weighted by molar-refractivity contribution is 7.91. The molecule has 1 aliphatic rings. The number of hydrogen-bond acceptors (Lipinski definition) is 4. The molecule has 1 saturated heterocycles. The predicted molar refractivity (Wildman–Crippen MR) is 86.3 cm³/mol. The molecule has 0 radical (unpaired) electrons. The Morgan fingerprint density at radius 2 is 1.92 bits per heavy atom. The fourth-order valence-electron chi connectivity index (χ4n) is 2.77. The molecule has 1 atom stereocenters. The molecule has 1 fully saturated rings. The Hall–Kier alpha value is -1.54. The Kier molecular flexibility index (Phi) is 5.29. The fraction of sp³-hybridized carbons (Fsp3) is 0.562. The van der Waals surface area contributed by atoms with Crippen molar-refractivity contribution < 1.29 is 22.0 Å². The first-order valence-corrected chi connectivity index (χ1v) is 9.23. The van der Waals surface area contributed by atoms with Crippen molar-refractivity contribution >= 4 is 15.7 Å². The number of hydrogen-bond donors (Lipinski definition) is 1. The zero-order chi connectivity index (χ0) is 18.1. The molecule has 1 aromatic rings. The van der Waals surface area contributed by atoms with Gasteiger partial charge >= 0.3 is 5.76 Å². The number of nitrogens with two attached hydrogens (primary N) is 1. The summed E-state index contributed by atoms with van der Waals surface area (Å²) in [6, 6.07) is 5.06. The number of carbonyl (C=O) groups is 1. The smallest absolute Gasteiger partial charge is 0.341 e. The lowest BCUT2D eigenvalue weighted by Gasteiger charge is -2.42. The Morgan fingerprint density at radius 3 is 2.42 bits per heavy atom. The highest BCUT2D eigenvalue weighted by atomic mass is 32.2. The monoisotopic (exact) mass is 360 g/mol. The number of nitrogens with zero attached hydrogens (tertiary/aromatic N) is 1. The second-order valence-corrected chi connectivity index (χ2v) is 8.74. The third-order valence-electron chi connectivity index (χ3n) is 4.51. The minimum atomic E-state index is -4.61. The van der Waals surface area contributed by atoms with E-state index < -0.39 is 20.5 Å². The topological polar surface area (TPSA) is 80.5 Å². The zero-order valence-electron chi connectivity index (χ0n) is 13.7. The second-order valence-electron chi connectivity index (χ2n) is 6.83. The lowest BCUT2D eigenvalue weighted by molar-refractivity contribution is -0.133. The van der Waals surface area contributed by atoms with Gasteiger partial charge in [-0.3, -0.25) is 4.79 Å². The molecule has 2 N–H and O–H groups in total. The van der Waals surface area contributed by atoms with E-state index in [2.05, 4.69) is 0 Å².